The van der Waals surface area contributed by atoms with E-state index in [1.54, 1.807) is 0 Å². The monoisotopic (exact) mass is 344 g/mol. The highest BCUT2D eigenvalue weighted by Crippen LogP contribution is 2.31. The summed E-state index contributed by atoms with van der Waals surface area (Å²) in [7, 11) is 0. The third-order valence-electron chi connectivity index (χ3n) is 2.70. The number of hydrogen-bond donors (Lipinski definition) is 1. The van der Waals surface area contributed by atoms with E-state index in [-0.39, 0.29) is 11.1 Å². The first-order valence-electron chi connectivity index (χ1n) is 6.51. The van der Waals surface area contributed by atoms with Crippen LogP contribution in [-0.4, -0.2) is 22.2 Å². The molecule has 0 atom stereocenters. The van der Waals surface area contributed by atoms with Crippen LogP contribution in [0.2, 0.25) is 5.02 Å². The highest BCUT2D eigenvalue weighted by molar-refractivity contribution is 6.32. The van der Waals surface area contributed by atoms with Crippen molar-refractivity contribution in [1.29, 1.82) is 5.26 Å². The van der Waals surface area contributed by atoms with Crippen LogP contribution < -0.4 is 10.1 Å². The van der Waals surface area contributed by atoms with Crippen LogP contribution in [0, 0.1) is 11.3 Å². The molecule has 0 amide bonds. The van der Waals surface area contributed by atoms with E-state index in [0.717, 1.165) is 12.1 Å². The second kappa shape index (κ2) is 6.38. The molecule has 9 heteroatoms. The predicted molar refractivity (Wildman–Crippen MR) is 78.7 cm³/mol. The van der Waals surface area contributed by atoms with Gasteiger partial charge in [0.15, 0.2) is 0 Å². The number of aromatic nitrogens is 2. The lowest BCUT2D eigenvalue weighted by Gasteiger charge is -2.15. The Kier molecular flexibility index (Phi) is 4.71. The van der Waals surface area contributed by atoms with E-state index in [2.05, 4.69) is 15.2 Å². The van der Waals surface area contributed by atoms with Gasteiger partial charge in [-0.1, -0.05) is 11.6 Å². The van der Waals surface area contributed by atoms with E-state index in [4.69, 9.17) is 16.9 Å². The largest absolute Gasteiger partial charge is 0.573 e. The van der Waals surface area contributed by atoms with Crippen molar-refractivity contribution in [3.05, 3.63) is 35.0 Å². The van der Waals surface area contributed by atoms with E-state index in [9.17, 15) is 13.2 Å². The molecule has 1 aromatic carbocycles. The van der Waals surface area contributed by atoms with Gasteiger partial charge in [0.2, 0.25) is 0 Å². The molecule has 0 unspecified atom stereocenters. The molecule has 0 aliphatic heterocycles. The number of benzene rings is 1. The normalized spacial score (nSPS) is 11.4. The van der Waals surface area contributed by atoms with Crippen molar-refractivity contribution >= 4 is 17.4 Å². The Morgan fingerprint density at radius 3 is 2.61 bits per heavy atom. The van der Waals surface area contributed by atoms with Crippen LogP contribution in [0.1, 0.15) is 19.4 Å². The highest BCUT2D eigenvalue weighted by atomic mass is 35.5. The molecule has 0 fully saturated rings. The van der Waals surface area contributed by atoms with Gasteiger partial charge in [-0.05, 0) is 26.0 Å². The maximum atomic E-state index is 12.2. The number of rotatable bonds is 4. The van der Waals surface area contributed by atoms with Crippen molar-refractivity contribution in [2.45, 2.75) is 26.3 Å². The Balaban J connectivity index is 2.43. The van der Waals surface area contributed by atoms with Gasteiger partial charge in [0.25, 0.3) is 0 Å². The molecule has 23 heavy (non-hydrogen) atoms. The van der Waals surface area contributed by atoms with Crippen LogP contribution in [0.5, 0.6) is 5.75 Å². The summed E-state index contributed by atoms with van der Waals surface area (Å²) >= 11 is 6.03. The first-order valence-corrected chi connectivity index (χ1v) is 6.89. The predicted octanol–water partition coefficient (Wildman–Crippen LogP) is 4.12. The smallest absolute Gasteiger partial charge is 0.406 e. The maximum absolute atomic E-state index is 12.2. The van der Waals surface area contributed by atoms with Gasteiger partial charge in [0.05, 0.1) is 16.9 Å². The van der Waals surface area contributed by atoms with Crippen molar-refractivity contribution in [2.75, 3.05) is 5.32 Å². The summed E-state index contributed by atoms with van der Waals surface area (Å²) in [5, 5.41) is 16.2. The third kappa shape index (κ3) is 4.07. The molecule has 0 saturated carbocycles. The van der Waals surface area contributed by atoms with Gasteiger partial charge in [-0.2, -0.15) is 10.4 Å². The van der Waals surface area contributed by atoms with Crippen LogP contribution >= 0.6 is 11.6 Å². The molecule has 1 N–H and O–H groups in total. The second-order valence-electron chi connectivity index (χ2n) is 4.89. The lowest BCUT2D eigenvalue weighted by atomic mass is 10.3. The van der Waals surface area contributed by atoms with Crippen LogP contribution in [-0.2, 0) is 0 Å². The molecule has 2 rings (SSSR count). The van der Waals surface area contributed by atoms with Crippen molar-refractivity contribution in [1.82, 2.24) is 9.78 Å². The molecule has 0 spiro atoms. The summed E-state index contributed by atoms with van der Waals surface area (Å²) in [6.07, 6.45) is -3.45. The number of hydrogen-bond acceptors (Lipinski definition) is 4. The van der Waals surface area contributed by atoms with Crippen LogP contribution in [0.15, 0.2) is 24.4 Å². The first-order chi connectivity index (χ1) is 10.7. The number of ether oxygens (including phenoxy) is 1. The minimum Gasteiger partial charge on any atom is -0.406 e. The number of nitriles is 1. The average molecular weight is 345 g/mol. The molecule has 0 aliphatic carbocycles. The molecule has 0 aliphatic rings. The van der Waals surface area contributed by atoms with Crippen molar-refractivity contribution in [2.24, 2.45) is 0 Å². The van der Waals surface area contributed by atoms with E-state index < -0.39 is 12.1 Å². The summed E-state index contributed by atoms with van der Waals surface area (Å²) in [4.78, 5) is 0. The Morgan fingerprint density at radius 2 is 2.09 bits per heavy atom. The third-order valence-corrected chi connectivity index (χ3v) is 3.00. The second-order valence-corrected chi connectivity index (χ2v) is 5.30. The molecule has 1 aromatic heterocycles. The maximum Gasteiger partial charge on any atom is 0.573 e. The number of nitrogens with zero attached hydrogens (tertiary/aromatic N) is 3. The Hall–Kier alpha value is -2.40. The summed E-state index contributed by atoms with van der Waals surface area (Å²) in [5.41, 5.74) is 0.622. The fourth-order valence-corrected chi connectivity index (χ4v) is 2.13. The number of anilines is 1. The minimum absolute atomic E-state index is 0.00569. The zero-order chi connectivity index (χ0) is 17.2. The minimum atomic E-state index is -4.80. The summed E-state index contributed by atoms with van der Waals surface area (Å²) in [6.45, 7) is 3.75. The fourth-order valence-electron chi connectivity index (χ4n) is 1.88. The number of nitrogens with one attached hydrogen (secondary N) is 1. The Labute approximate surface area is 135 Å². The lowest BCUT2D eigenvalue weighted by Crippen LogP contribution is -2.17. The van der Waals surface area contributed by atoms with Gasteiger partial charge >= 0.3 is 6.36 Å². The van der Waals surface area contributed by atoms with Gasteiger partial charge in [0, 0.05) is 12.1 Å². The molecule has 122 valence electrons. The van der Waals surface area contributed by atoms with Gasteiger partial charge in [0.1, 0.15) is 23.2 Å². The molecule has 0 bridgehead atoms. The van der Waals surface area contributed by atoms with Gasteiger partial charge in [-0.25, -0.2) is 4.68 Å². The summed E-state index contributed by atoms with van der Waals surface area (Å²) in [5.74, 6) is -0.0221. The molecule has 2 aromatic rings. The topological polar surface area (TPSA) is 62.9 Å². The molecule has 0 saturated heterocycles. The van der Waals surface area contributed by atoms with E-state index in [1.807, 2.05) is 19.9 Å². The van der Waals surface area contributed by atoms with Crippen molar-refractivity contribution < 1.29 is 17.9 Å². The Morgan fingerprint density at radius 1 is 1.39 bits per heavy atom. The molecule has 1 heterocycles. The van der Waals surface area contributed by atoms with Crippen LogP contribution in [0.25, 0.3) is 5.69 Å². The molecular weight excluding hydrogens is 333 g/mol. The Bertz CT molecular complexity index is 749. The van der Waals surface area contributed by atoms with Gasteiger partial charge in [-0.15, -0.1) is 13.2 Å². The zero-order valence-electron chi connectivity index (χ0n) is 12.1. The highest BCUT2D eigenvalue weighted by Gasteiger charge is 2.31. The standard InChI is InChI=1S/C14H12ClF3N4O/c1-8(2)21-13-9(6-19)7-20-22(13)12-4-3-10(5-11(12)15)23-14(16,17)18/h3-5,7-8,21H,1-2H3. The van der Waals surface area contributed by atoms with E-state index >= 15 is 0 Å². The van der Waals surface area contributed by atoms with Crippen molar-refractivity contribution in [3.63, 3.8) is 0 Å². The van der Waals surface area contributed by atoms with Crippen LogP contribution in [0.3, 0.4) is 0 Å². The quantitative estimate of drug-likeness (QED) is 0.906. The van der Waals surface area contributed by atoms with Crippen LogP contribution in [0.4, 0.5) is 19.0 Å². The average Bonchev–Trinajstić information content (AvgIpc) is 2.79. The van der Waals surface area contributed by atoms with Gasteiger partial charge < -0.3 is 10.1 Å². The van der Waals surface area contributed by atoms with E-state index in [1.165, 1.54) is 16.9 Å². The SMILES string of the molecule is CC(C)Nc1c(C#N)cnn1-c1ccc(OC(F)(F)F)cc1Cl. The fraction of sp³-hybridized carbons (Fsp3) is 0.286. The molecule has 0 radical (unpaired) electrons. The van der Waals surface area contributed by atoms with E-state index in [0.29, 0.717) is 17.1 Å². The van der Waals surface area contributed by atoms with Crippen molar-refractivity contribution in [3.8, 4) is 17.5 Å². The summed E-state index contributed by atoms with van der Waals surface area (Å²) < 4.78 is 41.8. The first kappa shape index (κ1) is 17.0. The molecule has 5 nitrogen and oxygen atoms in total. The summed E-state index contributed by atoms with van der Waals surface area (Å²) in [6, 6.07) is 5.51. The van der Waals surface area contributed by atoms with Gasteiger partial charge in [-0.3, -0.25) is 0 Å². The number of halogens is 4. The number of alkyl halides is 3. The lowest BCUT2D eigenvalue weighted by molar-refractivity contribution is -0.274. The molecular formula is C14H12ClF3N4O. The zero-order valence-corrected chi connectivity index (χ0v) is 12.9.